The van der Waals surface area contributed by atoms with Crippen LogP contribution in [0.3, 0.4) is 0 Å². The maximum atomic E-state index is 12.3. The molecule has 0 heterocycles. The van der Waals surface area contributed by atoms with Gasteiger partial charge >= 0.3 is 0 Å². The third-order valence-corrected chi connectivity index (χ3v) is 4.69. The first-order chi connectivity index (χ1) is 11.8. The summed E-state index contributed by atoms with van der Waals surface area (Å²) in [6.07, 6.45) is 3.91. The van der Waals surface area contributed by atoms with Crippen molar-refractivity contribution in [3.05, 3.63) is 65.7 Å². The highest BCUT2D eigenvalue weighted by molar-refractivity contribution is 5.77. The molecule has 2 aromatic rings. The molecule has 1 fully saturated rings. The number of rotatable bonds is 8. The van der Waals surface area contributed by atoms with Gasteiger partial charge in [0, 0.05) is 13.0 Å². The summed E-state index contributed by atoms with van der Waals surface area (Å²) >= 11 is 0. The molecule has 1 amide bonds. The molecule has 1 N–H and O–H groups in total. The Balaban J connectivity index is 1.49. The van der Waals surface area contributed by atoms with E-state index in [0.29, 0.717) is 24.8 Å². The highest BCUT2D eigenvalue weighted by Crippen LogP contribution is 2.44. The lowest BCUT2D eigenvalue weighted by atomic mass is 9.91. The Morgan fingerprint density at radius 2 is 1.96 bits per heavy atom. The van der Waals surface area contributed by atoms with Crippen molar-refractivity contribution in [2.75, 3.05) is 13.7 Å². The van der Waals surface area contributed by atoms with Crippen molar-refractivity contribution in [3.63, 3.8) is 0 Å². The zero-order valence-corrected chi connectivity index (χ0v) is 14.2. The Morgan fingerprint density at radius 1 is 1.17 bits per heavy atom. The molecule has 0 radical (unpaired) electrons. The molecule has 1 unspecified atom stereocenters. The molecule has 0 spiro atoms. The minimum atomic E-state index is 0.152. The highest BCUT2D eigenvalue weighted by atomic mass is 16.5. The summed E-state index contributed by atoms with van der Waals surface area (Å²) in [5.74, 6) is 2.05. The molecule has 0 bridgehead atoms. The molecule has 1 saturated carbocycles. The lowest BCUT2D eigenvalue weighted by Crippen LogP contribution is -2.27. The molecule has 1 aliphatic carbocycles. The average Bonchev–Trinajstić information content (AvgIpc) is 3.45. The van der Waals surface area contributed by atoms with Crippen molar-refractivity contribution in [3.8, 4) is 5.75 Å². The van der Waals surface area contributed by atoms with Crippen molar-refractivity contribution < 1.29 is 9.53 Å². The van der Waals surface area contributed by atoms with E-state index in [1.54, 1.807) is 7.11 Å². The van der Waals surface area contributed by atoms with Gasteiger partial charge in [-0.3, -0.25) is 4.79 Å². The molecule has 3 heteroatoms. The highest BCUT2D eigenvalue weighted by Gasteiger charge is 2.33. The van der Waals surface area contributed by atoms with E-state index in [-0.39, 0.29) is 5.91 Å². The fourth-order valence-corrected chi connectivity index (χ4v) is 3.20. The number of nitrogens with one attached hydrogen (secondary N) is 1. The van der Waals surface area contributed by atoms with Crippen molar-refractivity contribution in [2.24, 2.45) is 5.92 Å². The van der Waals surface area contributed by atoms with Gasteiger partial charge in [-0.05, 0) is 54.4 Å². The van der Waals surface area contributed by atoms with Crippen molar-refractivity contribution in [2.45, 2.75) is 31.6 Å². The van der Waals surface area contributed by atoms with E-state index in [4.69, 9.17) is 4.74 Å². The normalized spacial score (nSPS) is 14.9. The van der Waals surface area contributed by atoms with Gasteiger partial charge in [0.1, 0.15) is 5.75 Å². The lowest BCUT2D eigenvalue weighted by Gasteiger charge is -2.16. The van der Waals surface area contributed by atoms with Gasteiger partial charge in [0.25, 0.3) is 0 Å². The van der Waals surface area contributed by atoms with Crippen LogP contribution in [-0.4, -0.2) is 19.6 Å². The molecule has 2 aromatic carbocycles. The first-order valence-electron chi connectivity index (χ1n) is 8.71. The van der Waals surface area contributed by atoms with Crippen molar-refractivity contribution >= 4 is 5.91 Å². The minimum Gasteiger partial charge on any atom is -0.497 e. The van der Waals surface area contributed by atoms with Gasteiger partial charge in [-0.15, -0.1) is 0 Å². The molecule has 24 heavy (non-hydrogen) atoms. The number of hydrogen-bond donors (Lipinski definition) is 1. The molecule has 0 saturated heterocycles. The Kier molecular flexibility index (Phi) is 5.52. The molecule has 126 valence electrons. The van der Waals surface area contributed by atoms with Crippen LogP contribution >= 0.6 is 0 Å². The van der Waals surface area contributed by atoms with E-state index >= 15 is 0 Å². The van der Waals surface area contributed by atoms with E-state index < -0.39 is 0 Å². The summed E-state index contributed by atoms with van der Waals surface area (Å²) in [7, 11) is 1.67. The van der Waals surface area contributed by atoms with Crippen LogP contribution in [0.5, 0.6) is 5.75 Å². The minimum absolute atomic E-state index is 0.152. The van der Waals surface area contributed by atoms with Crippen LogP contribution in [0.15, 0.2) is 54.6 Å². The molecular formula is C21H25NO2. The monoisotopic (exact) mass is 323 g/mol. The Hall–Kier alpha value is -2.29. The summed E-state index contributed by atoms with van der Waals surface area (Å²) in [6.45, 7) is 0.665. The van der Waals surface area contributed by atoms with Gasteiger partial charge in [0.15, 0.2) is 0 Å². The third-order valence-electron chi connectivity index (χ3n) is 4.69. The van der Waals surface area contributed by atoms with Crippen LogP contribution in [-0.2, 0) is 11.2 Å². The molecule has 0 aromatic heterocycles. The zero-order chi connectivity index (χ0) is 16.8. The fourth-order valence-electron chi connectivity index (χ4n) is 3.20. The molecule has 1 atom stereocenters. The molecular weight excluding hydrogens is 298 g/mol. The largest absolute Gasteiger partial charge is 0.497 e. The number of ether oxygens (including phenoxy) is 1. The topological polar surface area (TPSA) is 38.3 Å². The van der Waals surface area contributed by atoms with Crippen LogP contribution < -0.4 is 10.1 Å². The van der Waals surface area contributed by atoms with Crippen LogP contribution in [0.4, 0.5) is 0 Å². The maximum Gasteiger partial charge on any atom is 0.220 e. The third kappa shape index (κ3) is 4.60. The second kappa shape index (κ2) is 8.00. The van der Waals surface area contributed by atoms with E-state index in [1.165, 1.54) is 24.0 Å². The van der Waals surface area contributed by atoms with Gasteiger partial charge in [0.2, 0.25) is 5.91 Å². The summed E-state index contributed by atoms with van der Waals surface area (Å²) in [5.41, 5.74) is 2.47. The SMILES string of the molecule is COc1cccc(CCNC(=O)CC(c2ccccc2)C2CC2)c1. The molecule has 3 nitrogen and oxygen atoms in total. The van der Waals surface area contributed by atoms with Gasteiger partial charge in [-0.2, -0.15) is 0 Å². The summed E-state index contributed by atoms with van der Waals surface area (Å²) in [6, 6.07) is 18.4. The number of amides is 1. The first kappa shape index (κ1) is 16.6. The van der Waals surface area contributed by atoms with Gasteiger partial charge < -0.3 is 10.1 Å². The Morgan fingerprint density at radius 3 is 2.67 bits per heavy atom. The predicted octanol–water partition coefficient (Wildman–Crippen LogP) is 3.94. The predicted molar refractivity (Wildman–Crippen MR) is 96.2 cm³/mol. The first-order valence-corrected chi connectivity index (χ1v) is 8.71. The summed E-state index contributed by atoms with van der Waals surface area (Å²) in [4.78, 5) is 12.3. The second-order valence-corrected chi connectivity index (χ2v) is 6.51. The quantitative estimate of drug-likeness (QED) is 0.799. The zero-order valence-electron chi connectivity index (χ0n) is 14.2. The van der Waals surface area contributed by atoms with Gasteiger partial charge in [0.05, 0.1) is 7.11 Å². The van der Waals surface area contributed by atoms with E-state index in [9.17, 15) is 4.79 Å². The Bertz CT molecular complexity index is 665. The fraction of sp³-hybridized carbons (Fsp3) is 0.381. The van der Waals surface area contributed by atoms with Crippen LogP contribution in [0.1, 0.15) is 36.3 Å². The molecule has 3 rings (SSSR count). The number of hydrogen-bond acceptors (Lipinski definition) is 2. The van der Waals surface area contributed by atoms with Gasteiger partial charge in [-0.1, -0.05) is 42.5 Å². The average molecular weight is 323 g/mol. The van der Waals surface area contributed by atoms with Crippen LogP contribution in [0, 0.1) is 5.92 Å². The smallest absolute Gasteiger partial charge is 0.220 e. The van der Waals surface area contributed by atoms with Crippen molar-refractivity contribution in [1.82, 2.24) is 5.32 Å². The maximum absolute atomic E-state index is 12.3. The lowest BCUT2D eigenvalue weighted by molar-refractivity contribution is -0.121. The van der Waals surface area contributed by atoms with Crippen LogP contribution in [0.25, 0.3) is 0 Å². The van der Waals surface area contributed by atoms with E-state index in [2.05, 4.69) is 35.6 Å². The van der Waals surface area contributed by atoms with Crippen LogP contribution in [0.2, 0.25) is 0 Å². The molecule has 0 aliphatic heterocycles. The summed E-state index contributed by atoms with van der Waals surface area (Å²) < 4.78 is 5.23. The number of carbonyl (C=O) groups excluding carboxylic acids is 1. The number of methoxy groups -OCH3 is 1. The Labute approximate surface area is 144 Å². The number of benzene rings is 2. The number of carbonyl (C=O) groups is 1. The van der Waals surface area contributed by atoms with Crippen molar-refractivity contribution in [1.29, 1.82) is 0 Å². The van der Waals surface area contributed by atoms with E-state index in [0.717, 1.165) is 12.2 Å². The molecule has 1 aliphatic rings. The van der Waals surface area contributed by atoms with Gasteiger partial charge in [-0.25, -0.2) is 0 Å². The second-order valence-electron chi connectivity index (χ2n) is 6.51. The van der Waals surface area contributed by atoms with E-state index in [1.807, 2.05) is 24.3 Å². The standard InChI is InChI=1S/C21H25NO2/c1-24-19-9-5-6-16(14-19)12-13-22-21(23)15-20(18-10-11-18)17-7-3-2-4-8-17/h2-9,14,18,20H,10-13,15H2,1H3,(H,22,23). The summed E-state index contributed by atoms with van der Waals surface area (Å²) in [5, 5.41) is 3.07.